The minimum absolute atomic E-state index is 0. The van der Waals surface area contributed by atoms with Crippen molar-refractivity contribution in [1.82, 2.24) is 0 Å². The fourth-order valence-corrected chi connectivity index (χ4v) is 4.62. The van der Waals surface area contributed by atoms with Crippen LogP contribution in [0.15, 0.2) is 58.5 Å². The van der Waals surface area contributed by atoms with Gasteiger partial charge in [0.1, 0.15) is 24.3 Å². The predicted molar refractivity (Wildman–Crippen MR) is 130 cm³/mol. The van der Waals surface area contributed by atoms with Gasteiger partial charge in [-0.1, -0.05) is 48.5 Å². The van der Waals surface area contributed by atoms with Crippen LogP contribution in [-0.2, 0) is 59.6 Å². The molecule has 2 aromatic carbocycles. The van der Waals surface area contributed by atoms with Crippen molar-refractivity contribution in [1.29, 1.82) is 0 Å². The Hall–Kier alpha value is -2.70. The summed E-state index contributed by atoms with van der Waals surface area (Å²) >= 11 is 0. The van der Waals surface area contributed by atoms with Gasteiger partial charge in [0, 0.05) is 29.9 Å². The summed E-state index contributed by atoms with van der Waals surface area (Å²) in [7, 11) is -11.7. The van der Waals surface area contributed by atoms with Crippen LogP contribution < -0.4 is 0 Å². The van der Waals surface area contributed by atoms with Gasteiger partial charge in [0.15, 0.2) is 11.8 Å². The SMILES string of the molecule is O=S(=O)(O)C(F)(F)F.O=S(=O)(O)C(F)(F)F.[Cu].c1ccc2c(c1)C[C@@H]1OC(CC3=N[C@@H]4c5ccccc5C[C@@H]4O3)=N[C@H]21. The molecule has 10 nitrogen and oxygen atoms in total. The van der Waals surface area contributed by atoms with Gasteiger partial charge in [-0.15, -0.1) is 0 Å². The Morgan fingerprint density at radius 1 is 0.690 bits per heavy atom. The van der Waals surface area contributed by atoms with Crippen molar-refractivity contribution in [3.63, 3.8) is 0 Å². The first-order valence-corrected chi connectivity index (χ1v) is 14.4. The molecule has 2 heterocycles. The molecule has 19 heteroatoms. The second kappa shape index (κ2) is 12.1. The van der Waals surface area contributed by atoms with Gasteiger partial charge >= 0.3 is 31.3 Å². The van der Waals surface area contributed by atoms with Crippen LogP contribution in [0.4, 0.5) is 26.3 Å². The normalized spacial score (nSPS) is 23.5. The summed E-state index contributed by atoms with van der Waals surface area (Å²) in [6, 6.07) is 17.3. The van der Waals surface area contributed by atoms with Crippen LogP contribution in [-0.4, -0.2) is 61.0 Å². The average Bonchev–Trinajstić information content (AvgIpc) is 3.56. The van der Waals surface area contributed by atoms with E-state index in [0.717, 1.165) is 24.6 Å². The Kier molecular flexibility index (Phi) is 9.75. The van der Waals surface area contributed by atoms with E-state index in [9.17, 15) is 26.3 Å². The number of benzene rings is 2. The number of alkyl halides is 6. The van der Waals surface area contributed by atoms with Crippen LogP contribution in [0.25, 0.3) is 0 Å². The molecule has 0 unspecified atom stereocenters. The van der Waals surface area contributed by atoms with Crippen molar-refractivity contribution < 1.29 is 78.8 Å². The summed E-state index contributed by atoms with van der Waals surface area (Å²) < 4.78 is 127. The summed E-state index contributed by atoms with van der Waals surface area (Å²) in [5.41, 5.74) is -5.73. The third-order valence-corrected chi connectivity index (χ3v) is 7.49. The number of hydrogen-bond acceptors (Lipinski definition) is 8. The topological polar surface area (TPSA) is 152 Å². The average molecular weight is 694 g/mol. The quantitative estimate of drug-likeness (QED) is 0.204. The Labute approximate surface area is 245 Å². The maximum absolute atomic E-state index is 10.7. The van der Waals surface area contributed by atoms with Gasteiger partial charge in [-0.3, -0.25) is 9.11 Å². The minimum Gasteiger partial charge on any atom is -0.474 e. The number of hydrogen-bond donors (Lipinski definition) is 2. The number of rotatable bonds is 2. The molecule has 1 radical (unpaired) electrons. The molecular weight excluding hydrogens is 674 g/mol. The fraction of sp³-hybridized carbons (Fsp3) is 0.391. The Bertz CT molecular complexity index is 1480. The van der Waals surface area contributed by atoms with Gasteiger partial charge in [-0.25, -0.2) is 9.98 Å². The molecule has 6 rings (SSSR count). The zero-order chi connectivity index (χ0) is 30.4. The van der Waals surface area contributed by atoms with Crippen LogP contribution in [0.3, 0.4) is 0 Å². The number of ether oxygens (including phenoxy) is 2. The largest absolute Gasteiger partial charge is 0.522 e. The summed E-state index contributed by atoms with van der Waals surface area (Å²) in [5, 5.41) is 0. The van der Waals surface area contributed by atoms with E-state index in [0.29, 0.717) is 6.42 Å². The van der Waals surface area contributed by atoms with Crippen molar-refractivity contribution in [3.05, 3.63) is 70.8 Å². The molecule has 42 heavy (non-hydrogen) atoms. The number of aliphatic imine (C=N–C) groups is 2. The molecule has 0 aromatic heterocycles. The molecular formula is C23H20CuF6N2O8S2. The first kappa shape index (κ1) is 33.8. The first-order chi connectivity index (χ1) is 18.8. The summed E-state index contributed by atoms with van der Waals surface area (Å²) in [5.74, 6) is 1.55. The van der Waals surface area contributed by atoms with Crippen molar-refractivity contribution in [3.8, 4) is 0 Å². The van der Waals surface area contributed by atoms with E-state index in [-0.39, 0.29) is 41.4 Å². The Morgan fingerprint density at radius 3 is 1.31 bits per heavy atom. The zero-order valence-corrected chi connectivity index (χ0v) is 23.2. The van der Waals surface area contributed by atoms with Gasteiger partial charge in [0.2, 0.25) is 0 Å². The zero-order valence-electron chi connectivity index (χ0n) is 20.7. The second-order valence-corrected chi connectivity index (χ2v) is 11.9. The Morgan fingerprint density at radius 2 is 1.00 bits per heavy atom. The van der Waals surface area contributed by atoms with Crippen molar-refractivity contribution in [2.45, 2.75) is 54.6 Å². The van der Waals surface area contributed by atoms with Gasteiger partial charge in [-0.05, 0) is 22.3 Å². The molecule has 0 fully saturated rings. The van der Waals surface area contributed by atoms with Gasteiger partial charge in [0.05, 0.1) is 6.42 Å². The predicted octanol–water partition coefficient (Wildman–Crippen LogP) is 4.35. The molecule has 0 saturated carbocycles. The summed E-state index contributed by atoms with van der Waals surface area (Å²) in [4.78, 5) is 9.65. The van der Waals surface area contributed by atoms with E-state index < -0.39 is 31.3 Å². The fourth-order valence-electron chi connectivity index (χ4n) is 4.62. The van der Waals surface area contributed by atoms with Gasteiger partial charge in [-0.2, -0.15) is 43.2 Å². The van der Waals surface area contributed by atoms with Crippen molar-refractivity contribution in [2.75, 3.05) is 0 Å². The van der Waals surface area contributed by atoms with Crippen molar-refractivity contribution >= 4 is 32.0 Å². The molecule has 235 valence electrons. The molecule has 4 aliphatic rings. The molecule has 0 spiro atoms. The van der Waals surface area contributed by atoms with E-state index in [4.69, 9.17) is 45.4 Å². The second-order valence-electron chi connectivity index (χ2n) is 9.07. The van der Waals surface area contributed by atoms with E-state index >= 15 is 0 Å². The Balaban J connectivity index is 0.000000239. The van der Waals surface area contributed by atoms with Crippen LogP contribution >= 0.6 is 0 Å². The van der Waals surface area contributed by atoms with Crippen LogP contribution in [0.2, 0.25) is 0 Å². The monoisotopic (exact) mass is 693 g/mol. The maximum atomic E-state index is 10.7. The number of nitrogens with zero attached hydrogens (tertiary/aromatic N) is 2. The summed E-state index contributed by atoms with van der Waals surface area (Å²) in [6.07, 6.45) is 2.76. The van der Waals surface area contributed by atoms with Gasteiger partial charge < -0.3 is 9.47 Å². The smallest absolute Gasteiger partial charge is 0.474 e. The molecule has 2 N–H and O–H groups in total. The van der Waals surface area contributed by atoms with Crippen LogP contribution in [0.1, 0.15) is 40.8 Å². The molecule has 2 aliphatic heterocycles. The van der Waals surface area contributed by atoms with E-state index in [1.165, 1.54) is 22.3 Å². The third kappa shape index (κ3) is 7.44. The van der Waals surface area contributed by atoms with Crippen LogP contribution in [0.5, 0.6) is 0 Å². The third-order valence-electron chi connectivity index (χ3n) is 6.32. The van der Waals surface area contributed by atoms with E-state index in [1.807, 2.05) is 0 Å². The molecule has 0 saturated heterocycles. The number of halogens is 6. The number of fused-ring (bicyclic) bond motifs is 6. The molecule has 0 amide bonds. The molecule has 4 atom stereocenters. The minimum atomic E-state index is -5.84. The molecule has 2 aromatic rings. The summed E-state index contributed by atoms with van der Waals surface area (Å²) in [6.45, 7) is 0. The van der Waals surface area contributed by atoms with Crippen LogP contribution in [0, 0.1) is 0 Å². The van der Waals surface area contributed by atoms with Gasteiger partial charge in [0.25, 0.3) is 0 Å². The van der Waals surface area contributed by atoms with E-state index in [1.54, 1.807) is 0 Å². The maximum Gasteiger partial charge on any atom is 0.522 e. The molecule has 2 aliphatic carbocycles. The first-order valence-electron chi connectivity index (χ1n) is 11.5. The standard InChI is InChI=1S/C21H18N2O2.2CHF3O3S.Cu/c1-3-7-14-12(5-1)9-16-20(14)22-18(24-16)11-19-23-21-15-8-4-2-6-13(15)10-17(21)25-19;2*2-1(3,4)8(5,6)7;/h1-8,16-17,20-21H,9-11H2;2*(H,5,6,7);/t16-,17-,20+,21+;;;/m0.../s1. The molecule has 0 bridgehead atoms. The van der Waals surface area contributed by atoms with E-state index in [2.05, 4.69) is 48.5 Å². The van der Waals surface area contributed by atoms with Crippen molar-refractivity contribution in [2.24, 2.45) is 9.98 Å².